The predicted octanol–water partition coefficient (Wildman–Crippen LogP) is 2.65. The lowest BCUT2D eigenvalue weighted by molar-refractivity contribution is -0.157. The van der Waals surface area contributed by atoms with Gasteiger partial charge in [-0.25, -0.2) is 14.2 Å². The van der Waals surface area contributed by atoms with Gasteiger partial charge < -0.3 is 24.8 Å². The molecular formula is C28H30FN3O6. The number of carbonyl (C=O) groups is 2. The molecule has 0 saturated carbocycles. The van der Waals surface area contributed by atoms with Crippen LogP contribution in [0.1, 0.15) is 73.1 Å². The van der Waals surface area contributed by atoms with Crippen LogP contribution in [0, 0.1) is 12.7 Å². The first-order valence-electron chi connectivity index (χ1n) is 12.8. The molecule has 1 amide bonds. The van der Waals surface area contributed by atoms with Gasteiger partial charge in [-0.2, -0.15) is 0 Å². The fraction of sp³-hybridized carbons (Fsp3) is 0.429. The van der Waals surface area contributed by atoms with Crippen molar-refractivity contribution in [2.24, 2.45) is 0 Å². The predicted molar refractivity (Wildman–Crippen MR) is 137 cm³/mol. The zero-order valence-corrected chi connectivity index (χ0v) is 21.8. The summed E-state index contributed by atoms with van der Waals surface area (Å²) in [4.78, 5) is 42.8. The molecule has 2 aromatic heterocycles. The van der Waals surface area contributed by atoms with Gasteiger partial charge in [0.2, 0.25) is 5.91 Å². The van der Waals surface area contributed by atoms with Crippen LogP contribution in [0.15, 0.2) is 16.9 Å². The number of benzene rings is 1. The number of ether oxygens (including phenoxy) is 1. The molecule has 4 heterocycles. The van der Waals surface area contributed by atoms with Crippen molar-refractivity contribution < 1.29 is 28.9 Å². The second-order valence-corrected chi connectivity index (χ2v) is 9.92. The van der Waals surface area contributed by atoms with Crippen LogP contribution in [0.3, 0.4) is 0 Å². The fourth-order valence-electron chi connectivity index (χ4n) is 5.92. The molecule has 2 aliphatic heterocycles. The molecule has 200 valence electrons. The van der Waals surface area contributed by atoms with E-state index in [4.69, 9.17) is 14.8 Å². The number of hydrogen-bond acceptors (Lipinski definition) is 7. The molecule has 3 aromatic rings. The van der Waals surface area contributed by atoms with Gasteiger partial charge in [0.15, 0.2) is 6.10 Å². The van der Waals surface area contributed by atoms with E-state index in [0.717, 1.165) is 22.1 Å². The summed E-state index contributed by atoms with van der Waals surface area (Å²) in [5.41, 5.74) is 3.17. The highest BCUT2D eigenvalue weighted by molar-refractivity contribution is 5.96. The molecule has 0 fully saturated rings. The van der Waals surface area contributed by atoms with E-state index < -0.39 is 29.0 Å². The molecule has 0 radical (unpaired) electrons. The maximum Gasteiger partial charge on any atom is 0.340 e. The van der Waals surface area contributed by atoms with E-state index in [1.54, 1.807) is 13.0 Å². The average Bonchev–Trinajstić information content (AvgIpc) is 3.41. The lowest BCUT2D eigenvalue weighted by Crippen LogP contribution is -2.44. The number of hydrogen-bond donors (Lipinski definition) is 3. The zero-order valence-electron chi connectivity index (χ0n) is 21.8. The van der Waals surface area contributed by atoms with E-state index in [9.17, 15) is 23.9 Å². The molecule has 2 unspecified atom stereocenters. The Labute approximate surface area is 218 Å². The third-order valence-electron chi connectivity index (χ3n) is 7.63. The number of aliphatic hydroxyl groups excluding tert-OH is 2. The topological polar surface area (TPSA) is 131 Å². The molecule has 6 rings (SSSR count). The van der Waals surface area contributed by atoms with E-state index in [1.807, 2.05) is 20.8 Å². The highest BCUT2D eigenvalue weighted by Gasteiger charge is 2.44. The van der Waals surface area contributed by atoms with E-state index in [0.29, 0.717) is 35.3 Å². The largest absolute Gasteiger partial charge is 0.458 e. The summed E-state index contributed by atoms with van der Waals surface area (Å²) in [7, 11) is 0. The monoisotopic (exact) mass is 523 g/mol. The molecule has 1 aromatic carbocycles. The van der Waals surface area contributed by atoms with Crippen molar-refractivity contribution in [2.45, 2.75) is 71.8 Å². The van der Waals surface area contributed by atoms with Crippen LogP contribution >= 0.6 is 0 Å². The number of aliphatic hydroxyl groups is 2. The number of carbonyl (C=O) groups excluding carboxylic acids is 2. The maximum absolute atomic E-state index is 14.9. The molecule has 1 aliphatic carbocycles. The molecule has 3 aliphatic rings. The standard InChI is InChI=1S/C26H24FN3O6.C2H6/c1-11-13-8-26(2,29-19(32)4-3-5-31)21-14-9-30-18(22(14)28-17(20(13)21)7-16(11)27)6-12-15(24(30)34)10-36-25(35)23(12)33;1-2/h6-7,23,31,33H,3-5,8-10H2,1-2H3,(H,29,32);1-2H3. The summed E-state index contributed by atoms with van der Waals surface area (Å²) in [6, 6.07) is 2.94. The van der Waals surface area contributed by atoms with Gasteiger partial charge in [0, 0.05) is 42.0 Å². The van der Waals surface area contributed by atoms with Crippen LogP contribution in [0.25, 0.3) is 22.3 Å². The number of nitrogens with zero attached hydrogens (tertiary/aromatic N) is 2. The second-order valence-electron chi connectivity index (χ2n) is 9.92. The second kappa shape index (κ2) is 9.28. The Morgan fingerprint density at radius 3 is 2.71 bits per heavy atom. The van der Waals surface area contributed by atoms with Gasteiger partial charge in [0.1, 0.15) is 12.4 Å². The molecule has 10 heteroatoms. The molecule has 9 nitrogen and oxygen atoms in total. The summed E-state index contributed by atoms with van der Waals surface area (Å²) in [6.45, 7) is 7.42. The van der Waals surface area contributed by atoms with Gasteiger partial charge in [-0.05, 0) is 43.0 Å². The van der Waals surface area contributed by atoms with Crippen LogP contribution < -0.4 is 10.9 Å². The zero-order chi connectivity index (χ0) is 27.5. The Hall–Kier alpha value is -3.63. The number of nitrogens with one attached hydrogen (secondary N) is 1. The first-order chi connectivity index (χ1) is 18.1. The number of esters is 1. The van der Waals surface area contributed by atoms with Crippen molar-refractivity contribution in [3.8, 4) is 11.4 Å². The van der Waals surface area contributed by atoms with E-state index in [-0.39, 0.29) is 43.2 Å². The highest BCUT2D eigenvalue weighted by atomic mass is 19.1. The third-order valence-corrected chi connectivity index (χ3v) is 7.63. The van der Waals surface area contributed by atoms with E-state index in [2.05, 4.69) is 5.32 Å². The Morgan fingerprint density at radius 2 is 2.00 bits per heavy atom. The number of halogens is 1. The number of amides is 1. The van der Waals surface area contributed by atoms with Gasteiger partial charge in [0.05, 0.1) is 34.6 Å². The number of fused-ring (bicyclic) bond motifs is 5. The first kappa shape index (κ1) is 26.0. The lowest BCUT2D eigenvalue weighted by Gasteiger charge is -2.29. The van der Waals surface area contributed by atoms with Gasteiger partial charge in [-0.1, -0.05) is 13.8 Å². The van der Waals surface area contributed by atoms with E-state index in [1.165, 1.54) is 10.6 Å². The van der Waals surface area contributed by atoms with Crippen LogP contribution in [-0.4, -0.2) is 38.2 Å². The number of rotatable bonds is 4. The number of aromatic nitrogens is 2. The van der Waals surface area contributed by atoms with Crippen molar-refractivity contribution in [3.63, 3.8) is 0 Å². The Kier molecular flexibility index (Phi) is 6.35. The summed E-state index contributed by atoms with van der Waals surface area (Å²) in [6.07, 6.45) is -0.754. The summed E-state index contributed by atoms with van der Waals surface area (Å²) in [5.74, 6) is -1.47. The fourth-order valence-corrected chi connectivity index (χ4v) is 5.92. The van der Waals surface area contributed by atoms with Crippen LogP contribution in [-0.2, 0) is 39.4 Å². The van der Waals surface area contributed by atoms with Gasteiger partial charge in [0.25, 0.3) is 5.56 Å². The average molecular weight is 524 g/mol. The van der Waals surface area contributed by atoms with Crippen LogP contribution in [0.2, 0.25) is 0 Å². The number of cyclic esters (lactones) is 1. The lowest BCUT2D eigenvalue weighted by atomic mass is 9.88. The summed E-state index contributed by atoms with van der Waals surface area (Å²) < 4.78 is 21.4. The Bertz CT molecular complexity index is 1580. The molecular weight excluding hydrogens is 493 g/mol. The molecule has 3 N–H and O–H groups in total. The minimum absolute atomic E-state index is 0.107. The van der Waals surface area contributed by atoms with Crippen molar-refractivity contribution >= 4 is 22.8 Å². The SMILES string of the molecule is CC.Cc1c(F)cc2nc3c(c4c2c1CC4(C)NC(=O)CCCO)Cn1c-3cc2c(c1=O)COC(=O)C2O. The maximum atomic E-state index is 14.9. The first-order valence-corrected chi connectivity index (χ1v) is 12.8. The van der Waals surface area contributed by atoms with Crippen molar-refractivity contribution in [2.75, 3.05) is 6.61 Å². The van der Waals surface area contributed by atoms with Crippen molar-refractivity contribution in [1.29, 1.82) is 0 Å². The Balaban J connectivity index is 0.00000144. The normalized spacial score (nSPS) is 20.3. The molecule has 0 spiro atoms. The minimum Gasteiger partial charge on any atom is -0.458 e. The highest BCUT2D eigenvalue weighted by Crippen LogP contribution is 2.48. The van der Waals surface area contributed by atoms with Crippen LogP contribution in [0.5, 0.6) is 0 Å². The summed E-state index contributed by atoms with van der Waals surface area (Å²) >= 11 is 0. The molecule has 2 atom stereocenters. The van der Waals surface area contributed by atoms with Crippen molar-refractivity contribution in [1.82, 2.24) is 14.9 Å². The van der Waals surface area contributed by atoms with E-state index >= 15 is 0 Å². The molecule has 0 bridgehead atoms. The van der Waals surface area contributed by atoms with Gasteiger partial charge in [-0.15, -0.1) is 0 Å². The minimum atomic E-state index is -1.57. The van der Waals surface area contributed by atoms with Crippen molar-refractivity contribution in [3.05, 3.63) is 61.7 Å². The molecule has 38 heavy (non-hydrogen) atoms. The molecule has 0 saturated heterocycles. The summed E-state index contributed by atoms with van der Waals surface area (Å²) in [5, 5.41) is 23.4. The van der Waals surface area contributed by atoms with Crippen LogP contribution in [0.4, 0.5) is 4.39 Å². The quantitative estimate of drug-likeness (QED) is 0.351. The Morgan fingerprint density at radius 1 is 1.26 bits per heavy atom. The third kappa shape index (κ3) is 3.65. The number of pyridine rings is 2. The van der Waals surface area contributed by atoms with Gasteiger partial charge in [-0.3, -0.25) is 9.59 Å². The van der Waals surface area contributed by atoms with Gasteiger partial charge >= 0.3 is 5.97 Å². The smallest absolute Gasteiger partial charge is 0.340 e.